The van der Waals surface area contributed by atoms with Gasteiger partial charge >= 0.3 is 0 Å². The van der Waals surface area contributed by atoms with Crippen LogP contribution in [0.1, 0.15) is 24.1 Å². The highest BCUT2D eigenvalue weighted by Crippen LogP contribution is 2.20. The molecule has 1 atom stereocenters. The van der Waals surface area contributed by atoms with Crippen LogP contribution in [0.3, 0.4) is 0 Å². The highest BCUT2D eigenvalue weighted by molar-refractivity contribution is 5.55. The Balaban J connectivity index is 2.24. The van der Waals surface area contributed by atoms with Crippen LogP contribution in [-0.2, 0) is 6.42 Å². The Kier molecular flexibility index (Phi) is 3.72. The van der Waals surface area contributed by atoms with Crippen molar-refractivity contribution in [1.29, 1.82) is 0 Å². The molecule has 2 aromatic rings. The molecular formula is C13H18N4O. The van der Waals surface area contributed by atoms with Gasteiger partial charge in [-0.3, -0.25) is 4.98 Å². The largest absolute Gasteiger partial charge is 0.334 e. The average molecular weight is 246 g/mol. The lowest BCUT2D eigenvalue weighted by Gasteiger charge is -2.04. The van der Waals surface area contributed by atoms with Crippen LogP contribution in [-0.4, -0.2) is 28.2 Å². The van der Waals surface area contributed by atoms with Gasteiger partial charge in [0.15, 0.2) is 5.82 Å². The summed E-state index contributed by atoms with van der Waals surface area (Å²) in [6.45, 7) is 5.99. The highest BCUT2D eigenvalue weighted by atomic mass is 16.5. The van der Waals surface area contributed by atoms with Gasteiger partial charge in [0, 0.05) is 18.2 Å². The molecule has 0 aliphatic heterocycles. The molecule has 0 amide bonds. The van der Waals surface area contributed by atoms with Crippen LogP contribution in [0.5, 0.6) is 0 Å². The van der Waals surface area contributed by atoms with E-state index in [1.54, 1.807) is 0 Å². The van der Waals surface area contributed by atoms with Crippen molar-refractivity contribution in [2.75, 3.05) is 7.05 Å². The van der Waals surface area contributed by atoms with E-state index in [9.17, 15) is 0 Å². The van der Waals surface area contributed by atoms with Gasteiger partial charge in [-0.15, -0.1) is 0 Å². The van der Waals surface area contributed by atoms with Crippen LogP contribution in [0.15, 0.2) is 16.7 Å². The van der Waals surface area contributed by atoms with E-state index in [-0.39, 0.29) is 0 Å². The van der Waals surface area contributed by atoms with Crippen molar-refractivity contribution in [3.05, 3.63) is 29.3 Å². The van der Waals surface area contributed by atoms with Crippen molar-refractivity contribution in [3.63, 3.8) is 0 Å². The minimum atomic E-state index is 0.327. The number of hydrogen-bond acceptors (Lipinski definition) is 5. The third-order valence-corrected chi connectivity index (χ3v) is 2.91. The number of nitrogens with zero attached hydrogens (tertiary/aromatic N) is 3. The second-order valence-electron chi connectivity index (χ2n) is 4.50. The van der Waals surface area contributed by atoms with Gasteiger partial charge in [0.05, 0.1) is 11.3 Å². The van der Waals surface area contributed by atoms with Gasteiger partial charge < -0.3 is 9.84 Å². The molecule has 0 saturated carbocycles. The molecule has 0 fully saturated rings. The maximum atomic E-state index is 5.29. The van der Waals surface area contributed by atoms with Crippen molar-refractivity contribution >= 4 is 0 Å². The van der Waals surface area contributed by atoms with Crippen molar-refractivity contribution in [2.45, 2.75) is 33.2 Å². The summed E-state index contributed by atoms with van der Waals surface area (Å²) in [7, 11) is 1.92. The monoisotopic (exact) mass is 246 g/mol. The normalized spacial score (nSPS) is 12.7. The molecular weight excluding hydrogens is 228 g/mol. The molecule has 5 heteroatoms. The fourth-order valence-corrected chi connectivity index (χ4v) is 1.73. The number of aryl methyl sites for hydroxylation is 2. The predicted molar refractivity (Wildman–Crippen MR) is 69.2 cm³/mol. The van der Waals surface area contributed by atoms with E-state index in [0.717, 1.165) is 23.4 Å². The Morgan fingerprint density at radius 3 is 2.72 bits per heavy atom. The Morgan fingerprint density at radius 2 is 2.06 bits per heavy atom. The molecule has 96 valence electrons. The number of nitrogens with one attached hydrogen (secondary N) is 1. The van der Waals surface area contributed by atoms with Crippen molar-refractivity contribution in [1.82, 2.24) is 20.4 Å². The number of hydrogen-bond donors (Lipinski definition) is 1. The van der Waals surface area contributed by atoms with Gasteiger partial charge in [0.2, 0.25) is 0 Å². The van der Waals surface area contributed by atoms with Crippen LogP contribution >= 0.6 is 0 Å². The van der Waals surface area contributed by atoms with Crippen molar-refractivity contribution < 1.29 is 4.52 Å². The summed E-state index contributed by atoms with van der Waals surface area (Å²) in [6.07, 6.45) is 0.748. The lowest BCUT2D eigenvalue weighted by atomic mass is 10.2. The Morgan fingerprint density at radius 1 is 1.28 bits per heavy atom. The fourth-order valence-electron chi connectivity index (χ4n) is 1.73. The second kappa shape index (κ2) is 5.27. The lowest BCUT2D eigenvalue weighted by molar-refractivity contribution is 0.418. The molecule has 18 heavy (non-hydrogen) atoms. The molecule has 0 bridgehead atoms. The summed E-state index contributed by atoms with van der Waals surface area (Å²) < 4.78 is 5.29. The standard InChI is InChI=1S/C13H18N4O/c1-8-5-6-11(10(3)15-8)13-16-12(17-18-13)7-9(2)14-4/h5-6,9,14H,7H2,1-4H3. The third kappa shape index (κ3) is 2.73. The van der Waals surface area contributed by atoms with E-state index in [4.69, 9.17) is 4.52 Å². The molecule has 1 N–H and O–H groups in total. The van der Waals surface area contributed by atoms with E-state index in [1.807, 2.05) is 33.0 Å². The summed E-state index contributed by atoms with van der Waals surface area (Å²) in [6, 6.07) is 4.24. The van der Waals surface area contributed by atoms with E-state index < -0.39 is 0 Å². The molecule has 2 rings (SSSR count). The molecule has 0 radical (unpaired) electrons. The van der Waals surface area contributed by atoms with Gasteiger partial charge in [0.1, 0.15) is 0 Å². The molecule has 5 nitrogen and oxygen atoms in total. The van der Waals surface area contributed by atoms with Crippen LogP contribution in [0.25, 0.3) is 11.5 Å². The Labute approximate surface area is 107 Å². The smallest absolute Gasteiger partial charge is 0.259 e. The lowest BCUT2D eigenvalue weighted by Crippen LogP contribution is -2.24. The zero-order chi connectivity index (χ0) is 13.1. The zero-order valence-electron chi connectivity index (χ0n) is 11.2. The topological polar surface area (TPSA) is 63.8 Å². The maximum absolute atomic E-state index is 5.29. The van der Waals surface area contributed by atoms with Gasteiger partial charge in [-0.25, -0.2) is 0 Å². The Bertz CT molecular complexity index is 536. The van der Waals surface area contributed by atoms with E-state index >= 15 is 0 Å². The minimum Gasteiger partial charge on any atom is -0.334 e. The zero-order valence-corrected chi connectivity index (χ0v) is 11.2. The van der Waals surface area contributed by atoms with Crippen LogP contribution in [0, 0.1) is 13.8 Å². The first-order chi connectivity index (χ1) is 8.60. The first-order valence-corrected chi connectivity index (χ1v) is 6.04. The second-order valence-corrected chi connectivity index (χ2v) is 4.50. The first-order valence-electron chi connectivity index (χ1n) is 6.04. The summed E-state index contributed by atoms with van der Waals surface area (Å²) in [5.74, 6) is 1.25. The molecule has 0 spiro atoms. The van der Waals surface area contributed by atoms with E-state index in [2.05, 4.69) is 27.4 Å². The summed E-state index contributed by atoms with van der Waals surface area (Å²) in [5, 5.41) is 7.14. The molecule has 0 aliphatic carbocycles. The SMILES string of the molecule is CNC(C)Cc1noc(-c2ccc(C)nc2C)n1. The average Bonchev–Trinajstić information content (AvgIpc) is 2.77. The quantitative estimate of drug-likeness (QED) is 0.892. The predicted octanol–water partition coefficient (Wildman–Crippen LogP) is 1.90. The molecule has 0 saturated heterocycles. The number of aromatic nitrogens is 3. The number of likely N-dealkylation sites (N-methyl/N-ethyl adjacent to an activating group) is 1. The van der Waals surface area contributed by atoms with Gasteiger partial charge in [-0.05, 0) is 40.0 Å². The summed E-state index contributed by atoms with van der Waals surface area (Å²) in [5.41, 5.74) is 2.79. The van der Waals surface area contributed by atoms with E-state index in [0.29, 0.717) is 17.8 Å². The first kappa shape index (κ1) is 12.7. The van der Waals surface area contributed by atoms with Crippen molar-refractivity contribution in [2.24, 2.45) is 0 Å². The molecule has 1 unspecified atom stereocenters. The van der Waals surface area contributed by atoms with Crippen LogP contribution in [0.2, 0.25) is 0 Å². The molecule has 2 aromatic heterocycles. The van der Waals surface area contributed by atoms with Crippen LogP contribution in [0.4, 0.5) is 0 Å². The number of rotatable bonds is 4. The molecule has 2 heterocycles. The molecule has 0 aliphatic rings. The van der Waals surface area contributed by atoms with Crippen LogP contribution < -0.4 is 5.32 Å². The maximum Gasteiger partial charge on any atom is 0.259 e. The van der Waals surface area contributed by atoms with E-state index in [1.165, 1.54) is 0 Å². The summed E-state index contributed by atoms with van der Waals surface area (Å²) >= 11 is 0. The Hall–Kier alpha value is -1.75. The highest BCUT2D eigenvalue weighted by Gasteiger charge is 2.13. The van der Waals surface area contributed by atoms with Crippen molar-refractivity contribution in [3.8, 4) is 11.5 Å². The fraction of sp³-hybridized carbons (Fsp3) is 0.462. The number of pyridine rings is 1. The minimum absolute atomic E-state index is 0.327. The van der Waals surface area contributed by atoms with Gasteiger partial charge in [-0.2, -0.15) is 4.98 Å². The molecule has 0 aromatic carbocycles. The third-order valence-electron chi connectivity index (χ3n) is 2.91. The van der Waals surface area contributed by atoms with Gasteiger partial charge in [0.25, 0.3) is 5.89 Å². The van der Waals surface area contributed by atoms with Gasteiger partial charge in [-0.1, -0.05) is 5.16 Å². The summed E-state index contributed by atoms with van der Waals surface area (Å²) in [4.78, 5) is 8.80.